The van der Waals surface area contributed by atoms with Crippen LogP contribution < -0.4 is 4.90 Å². The van der Waals surface area contributed by atoms with E-state index in [4.69, 9.17) is 9.72 Å². The summed E-state index contributed by atoms with van der Waals surface area (Å²) in [7, 11) is 0. The molecule has 5 atom stereocenters. The minimum absolute atomic E-state index is 0.121. The van der Waals surface area contributed by atoms with Crippen molar-refractivity contribution >= 4 is 56.1 Å². The zero-order valence-corrected chi connectivity index (χ0v) is 27.6. The first-order valence-corrected chi connectivity index (χ1v) is 16.5. The largest absolute Gasteiger partial charge is 0.451 e. The van der Waals surface area contributed by atoms with E-state index in [1.54, 1.807) is 37.3 Å². The van der Waals surface area contributed by atoms with Crippen LogP contribution in [0.2, 0.25) is 0 Å². The van der Waals surface area contributed by atoms with Crippen LogP contribution in [0.5, 0.6) is 0 Å². The predicted octanol–water partition coefficient (Wildman–Crippen LogP) is 7.66. The SMILES string of the molecule is CCc1cc(Br)cc2c(C(=O)OC(C)C(=O)c3ccc(C)cc3)cc(-c3ccc(N4C(=O)C5C6C=C(C)C(C6)C5C4=O)cc3)nc12. The fourth-order valence-electron chi connectivity index (χ4n) is 7.49. The molecule has 0 radical (unpaired) electrons. The number of pyridine rings is 1. The van der Waals surface area contributed by atoms with Gasteiger partial charge in [-0.05, 0) is 81.3 Å². The minimum Gasteiger partial charge on any atom is -0.451 e. The van der Waals surface area contributed by atoms with Crippen LogP contribution in [-0.2, 0) is 20.7 Å². The van der Waals surface area contributed by atoms with Crippen molar-refractivity contribution in [2.75, 3.05) is 4.90 Å². The zero-order chi connectivity index (χ0) is 32.4. The van der Waals surface area contributed by atoms with Crippen molar-refractivity contribution in [3.63, 3.8) is 0 Å². The highest BCUT2D eigenvalue weighted by Gasteiger charge is 2.60. The number of ether oxygens (including phenoxy) is 1. The van der Waals surface area contributed by atoms with Crippen LogP contribution >= 0.6 is 15.9 Å². The van der Waals surface area contributed by atoms with Gasteiger partial charge in [0.15, 0.2) is 6.10 Å². The second kappa shape index (κ2) is 11.4. The Balaban J connectivity index is 1.21. The van der Waals surface area contributed by atoms with Crippen molar-refractivity contribution in [2.45, 2.75) is 46.6 Å². The molecule has 7 rings (SSSR count). The molecule has 1 saturated carbocycles. The predicted molar refractivity (Wildman–Crippen MR) is 179 cm³/mol. The van der Waals surface area contributed by atoms with E-state index >= 15 is 0 Å². The summed E-state index contributed by atoms with van der Waals surface area (Å²) in [5.74, 6) is -1.42. The van der Waals surface area contributed by atoms with Gasteiger partial charge in [0.2, 0.25) is 17.6 Å². The highest BCUT2D eigenvalue weighted by atomic mass is 79.9. The molecule has 5 unspecified atom stereocenters. The van der Waals surface area contributed by atoms with Gasteiger partial charge in [-0.15, -0.1) is 0 Å². The number of ketones is 1. The molecule has 7 nitrogen and oxygen atoms in total. The summed E-state index contributed by atoms with van der Waals surface area (Å²) in [6.07, 6.45) is 2.74. The van der Waals surface area contributed by atoms with Crippen molar-refractivity contribution in [3.8, 4) is 11.3 Å². The molecule has 2 aliphatic carbocycles. The molecule has 3 aromatic carbocycles. The van der Waals surface area contributed by atoms with Crippen molar-refractivity contribution in [1.29, 1.82) is 0 Å². The number of esters is 1. The van der Waals surface area contributed by atoms with Gasteiger partial charge in [0.1, 0.15) is 0 Å². The molecular weight excluding hydrogens is 644 g/mol. The number of rotatable bonds is 7. The molecule has 2 bridgehead atoms. The van der Waals surface area contributed by atoms with E-state index in [-0.39, 0.29) is 41.3 Å². The highest BCUT2D eigenvalue weighted by Crippen LogP contribution is 2.56. The van der Waals surface area contributed by atoms with Gasteiger partial charge < -0.3 is 4.74 Å². The maximum Gasteiger partial charge on any atom is 0.339 e. The summed E-state index contributed by atoms with van der Waals surface area (Å²) in [6, 6.07) is 19.8. The van der Waals surface area contributed by atoms with Gasteiger partial charge in [-0.1, -0.05) is 76.5 Å². The number of hydrogen-bond donors (Lipinski definition) is 0. The number of imide groups is 1. The number of hydrogen-bond acceptors (Lipinski definition) is 6. The van der Waals surface area contributed by atoms with Gasteiger partial charge in [-0.25, -0.2) is 9.78 Å². The molecular formula is C38H33BrN2O5. The van der Waals surface area contributed by atoms with Crippen LogP contribution in [0.3, 0.4) is 0 Å². The first-order valence-electron chi connectivity index (χ1n) is 15.7. The summed E-state index contributed by atoms with van der Waals surface area (Å²) in [5.41, 5.74) is 6.40. The Hall–Kier alpha value is -4.43. The summed E-state index contributed by atoms with van der Waals surface area (Å²) in [6.45, 7) is 7.60. The van der Waals surface area contributed by atoms with E-state index in [9.17, 15) is 19.2 Å². The highest BCUT2D eigenvalue weighted by molar-refractivity contribution is 9.10. The Labute approximate surface area is 275 Å². The number of fused-ring (bicyclic) bond motifs is 6. The van der Waals surface area contributed by atoms with Crippen molar-refractivity contribution < 1.29 is 23.9 Å². The molecule has 46 heavy (non-hydrogen) atoms. The van der Waals surface area contributed by atoms with Gasteiger partial charge in [0.25, 0.3) is 0 Å². The molecule has 1 saturated heterocycles. The topological polar surface area (TPSA) is 93.6 Å². The van der Waals surface area contributed by atoms with E-state index in [2.05, 4.69) is 28.9 Å². The van der Waals surface area contributed by atoms with Crippen molar-refractivity contribution in [2.24, 2.45) is 23.7 Å². The maximum absolute atomic E-state index is 13.7. The number of amides is 2. The lowest BCUT2D eigenvalue weighted by Crippen LogP contribution is -2.32. The number of anilines is 1. The molecule has 8 heteroatoms. The summed E-state index contributed by atoms with van der Waals surface area (Å²) in [5, 5.41) is 0.616. The second-order valence-corrected chi connectivity index (χ2v) is 13.6. The number of carbonyl (C=O) groups is 4. The third-order valence-corrected chi connectivity index (χ3v) is 10.3. The van der Waals surface area contributed by atoms with Crippen LogP contribution in [0.4, 0.5) is 5.69 Å². The van der Waals surface area contributed by atoms with E-state index in [1.807, 2.05) is 50.2 Å². The Bertz CT molecular complexity index is 1980. The van der Waals surface area contributed by atoms with Crippen molar-refractivity contribution in [1.82, 2.24) is 4.98 Å². The number of carbonyl (C=O) groups excluding carboxylic acids is 4. The Morgan fingerprint density at radius 3 is 2.37 bits per heavy atom. The number of aromatic nitrogens is 1. The number of allylic oxidation sites excluding steroid dienone is 2. The van der Waals surface area contributed by atoms with E-state index in [1.165, 1.54) is 10.5 Å². The number of Topliss-reactive ketones (excluding diaryl/α,β-unsaturated/α-hetero) is 1. The lowest BCUT2D eigenvalue weighted by atomic mass is 9.82. The quantitative estimate of drug-likeness (QED) is 0.0863. The van der Waals surface area contributed by atoms with Crippen LogP contribution in [0.25, 0.3) is 22.2 Å². The van der Waals surface area contributed by atoms with Crippen LogP contribution in [0.15, 0.2) is 82.9 Å². The molecule has 2 fully saturated rings. The first-order chi connectivity index (χ1) is 22.0. The number of halogens is 1. The number of benzene rings is 3. The molecule has 232 valence electrons. The van der Waals surface area contributed by atoms with Gasteiger partial charge >= 0.3 is 5.97 Å². The van der Waals surface area contributed by atoms with E-state index in [0.717, 1.165) is 22.0 Å². The van der Waals surface area contributed by atoms with Gasteiger partial charge in [0.05, 0.1) is 34.3 Å². The summed E-state index contributed by atoms with van der Waals surface area (Å²) >= 11 is 3.57. The lowest BCUT2D eigenvalue weighted by molar-refractivity contribution is -0.123. The zero-order valence-electron chi connectivity index (χ0n) is 26.0. The Kier molecular flexibility index (Phi) is 7.51. The van der Waals surface area contributed by atoms with E-state index in [0.29, 0.717) is 45.4 Å². The fraction of sp³-hybridized carbons (Fsp3) is 0.289. The third-order valence-electron chi connectivity index (χ3n) is 9.85. The molecule has 1 aliphatic heterocycles. The molecule has 2 heterocycles. The van der Waals surface area contributed by atoms with Gasteiger partial charge in [-0.3, -0.25) is 19.3 Å². The van der Waals surface area contributed by atoms with E-state index < -0.39 is 12.1 Å². The molecule has 0 spiro atoms. The normalized spacial score (nSPS) is 22.3. The van der Waals surface area contributed by atoms with Gasteiger partial charge in [-0.2, -0.15) is 0 Å². The number of aryl methyl sites for hydroxylation is 2. The molecule has 3 aliphatic rings. The van der Waals surface area contributed by atoms with Crippen molar-refractivity contribution in [3.05, 3.63) is 105 Å². The standard InChI is InChI=1S/C38H33BrN2O5/c1-5-22-15-26(39)17-29-30(38(45)46-21(4)35(42)24-8-6-19(2)7-9-24)18-31(40-34(22)29)23-10-12-27(13-11-23)41-36(43)32-25-14-20(3)28(16-25)33(32)37(41)44/h6-15,17-18,21,25,28,32-33H,5,16H2,1-4H3. The average molecular weight is 678 g/mol. The lowest BCUT2D eigenvalue weighted by Gasteiger charge is -2.19. The molecule has 1 aromatic heterocycles. The van der Waals surface area contributed by atoms with Crippen LogP contribution in [-0.4, -0.2) is 34.7 Å². The van der Waals surface area contributed by atoms with Crippen LogP contribution in [0, 0.1) is 30.6 Å². The molecule has 4 aromatic rings. The second-order valence-electron chi connectivity index (χ2n) is 12.7. The monoisotopic (exact) mass is 676 g/mol. The molecule has 0 N–H and O–H groups in total. The maximum atomic E-state index is 13.7. The Morgan fingerprint density at radius 2 is 1.67 bits per heavy atom. The summed E-state index contributed by atoms with van der Waals surface area (Å²) < 4.78 is 6.56. The average Bonchev–Trinajstić information content (AvgIpc) is 3.69. The third kappa shape index (κ3) is 4.90. The Morgan fingerprint density at radius 1 is 0.978 bits per heavy atom. The smallest absolute Gasteiger partial charge is 0.339 e. The minimum atomic E-state index is -0.997. The fourth-order valence-corrected chi connectivity index (χ4v) is 7.99. The van der Waals surface area contributed by atoms with Crippen LogP contribution in [0.1, 0.15) is 59.0 Å². The first kappa shape index (κ1) is 30.2. The van der Waals surface area contributed by atoms with Gasteiger partial charge in [0, 0.05) is 21.0 Å². The molecule has 2 amide bonds. The summed E-state index contributed by atoms with van der Waals surface area (Å²) in [4.78, 5) is 60.0. The number of nitrogens with zero attached hydrogens (tertiary/aromatic N) is 2.